The highest BCUT2D eigenvalue weighted by atomic mass is 19.4. The van der Waals surface area contributed by atoms with Gasteiger partial charge in [0, 0.05) is 12.8 Å². The van der Waals surface area contributed by atoms with Crippen LogP contribution in [0.15, 0.2) is 66.7 Å². The highest BCUT2D eigenvalue weighted by molar-refractivity contribution is 5.82. The first-order valence-electron chi connectivity index (χ1n) is 14.6. The van der Waals surface area contributed by atoms with Gasteiger partial charge in [-0.05, 0) is 72.6 Å². The van der Waals surface area contributed by atoms with Crippen molar-refractivity contribution in [1.29, 1.82) is 10.5 Å². The standard InChI is InChI=1S/C33H31F5N4O.CH3NO2/c1-32(2,35)17-29(31(43)41-27(19-40)16-26-4-3-20(18-39)15-28(26)34)42-30(33(36,37)38)25-13-11-24(12-14-25)23-9-7-22(8-10-23)21-5-6-21;2-1(3)4/h3-4,7-15,21,27,29-30,42H,5-6,16-17H2,1-2H3,(H,41,43);2H2,(H,3,4)/t27-,29-,30-;/m0./s1. The first kappa shape index (κ1) is 36.5. The maximum atomic E-state index is 14.7. The molecule has 0 unspecified atom stereocenters. The third kappa shape index (κ3) is 11.4. The Balaban J connectivity index is 0.00000142. The van der Waals surface area contributed by atoms with E-state index in [-0.39, 0.29) is 23.1 Å². The molecule has 0 aromatic heterocycles. The minimum absolute atomic E-state index is 0.0246. The van der Waals surface area contributed by atoms with Crippen molar-refractivity contribution in [3.63, 3.8) is 0 Å². The lowest BCUT2D eigenvalue weighted by molar-refractivity contribution is -0.161. The lowest BCUT2D eigenvalue weighted by Gasteiger charge is -2.30. The number of alkyl halides is 4. The predicted molar refractivity (Wildman–Crippen MR) is 164 cm³/mol. The van der Waals surface area contributed by atoms with Crippen LogP contribution in [0.1, 0.15) is 67.3 Å². The van der Waals surface area contributed by atoms with Crippen molar-refractivity contribution in [2.24, 2.45) is 5.73 Å². The van der Waals surface area contributed by atoms with Gasteiger partial charge >= 0.3 is 12.3 Å². The van der Waals surface area contributed by atoms with E-state index in [0.29, 0.717) is 5.92 Å². The molecule has 1 aliphatic carbocycles. The summed E-state index contributed by atoms with van der Waals surface area (Å²) in [4.78, 5) is 22.0. The van der Waals surface area contributed by atoms with Crippen LogP contribution in [0.25, 0.3) is 11.1 Å². The van der Waals surface area contributed by atoms with Crippen LogP contribution in [0.4, 0.5) is 26.7 Å². The summed E-state index contributed by atoms with van der Waals surface area (Å²) in [7, 11) is 0. The van der Waals surface area contributed by atoms with E-state index in [1.165, 1.54) is 29.8 Å². The number of benzene rings is 3. The van der Waals surface area contributed by atoms with Crippen molar-refractivity contribution in [3.8, 4) is 23.3 Å². The largest absolute Gasteiger partial charge is 0.465 e. The summed E-state index contributed by atoms with van der Waals surface area (Å²) in [5.74, 6) is -1.23. The third-order valence-electron chi connectivity index (χ3n) is 7.32. The molecule has 1 fully saturated rings. The van der Waals surface area contributed by atoms with Crippen LogP contribution >= 0.6 is 0 Å². The van der Waals surface area contributed by atoms with E-state index in [1.807, 2.05) is 24.3 Å². The average Bonchev–Trinajstić information content (AvgIpc) is 3.84. The Hall–Kier alpha value is -5.01. The van der Waals surface area contributed by atoms with Gasteiger partial charge in [-0.3, -0.25) is 10.1 Å². The number of carboxylic acid groups (broad SMARTS) is 1. The smallest absolute Gasteiger partial charge is 0.407 e. The normalized spacial score (nSPS) is 14.7. The molecular weight excluding hydrogens is 621 g/mol. The number of hydrogen-bond donors (Lipinski definition) is 4. The number of carbonyl (C=O) groups is 2. The van der Waals surface area contributed by atoms with Crippen LogP contribution in [-0.4, -0.2) is 41.0 Å². The van der Waals surface area contributed by atoms with E-state index in [0.717, 1.165) is 43.9 Å². The molecule has 4 rings (SSSR count). The van der Waals surface area contributed by atoms with Gasteiger partial charge < -0.3 is 16.2 Å². The Morgan fingerprint density at radius 2 is 1.53 bits per heavy atom. The summed E-state index contributed by atoms with van der Waals surface area (Å²) >= 11 is 0. The zero-order valence-corrected chi connectivity index (χ0v) is 25.6. The van der Waals surface area contributed by atoms with Crippen molar-refractivity contribution in [2.45, 2.75) is 75.4 Å². The molecule has 0 spiro atoms. The molecule has 3 aromatic rings. The Morgan fingerprint density at radius 3 is 1.98 bits per heavy atom. The number of hydrogen-bond acceptors (Lipinski definition) is 5. The van der Waals surface area contributed by atoms with E-state index >= 15 is 0 Å². The monoisotopic (exact) mass is 655 g/mol. The first-order chi connectivity index (χ1) is 22.0. The number of nitrogens with two attached hydrogens (primary N) is 1. The molecule has 47 heavy (non-hydrogen) atoms. The van der Waals surface area contributed by atoms with Crippen LogP contribution in [0.5, 0.6) is 0 Å². The number of primary amides is 1. The third-order valence-corrected chi connectivity index (χ3v) is 7.32. The summed E-state index contributed by atoms with van der Waals surface area (Å²) in [6.45, 7) is 2.27. The van der Waals surface area contributed by atoms with Crippen LogP contribution < -0.4 is 16.4 Å². The molecule has 8 nitrogen and oxygen atoms in total. The predicted octanol–water partition coefficient (Wildman–Crippen LogP) is 6.82. The quantitative estimate of drug-likeness (QED) is 0.167. The van der Waals surface area contributed by atoms with Gasteiger partial charge in [0.25, 0.3) is 0 Å². The van der Waals surface area contributed by atoms with Gasteiger partial charge in [-0.15, -0.1) is 0 Å². The van der Waals surface area contributed by atoms with Crippen LogP contribution in [-0.2, 0) is 11.2 Å². The van der Waals surface area contributed by atoms with Gasteiger partial charge in [0.1, 0.15) is 23.6 Å². The van der Waals surface area contributed by atoms with Gasteiger partial charge in [0.05, 0.1) is 23.7 Å². The van der Waals surface area contributed by atoms with E-state index in [9.17, 15) is 32.0 Å². The molecule has 5 N–H and O–H groups in total. The molecule has 0 bridgehead atoms. The zero-order valence-electron chi connectivity index (χ0n) is 25.6. The maximum Gasteiger partial charge on any atom is 0.407 e. The second kappa shape index (κ2) is 15.5. The number of nitriles is 2. The lowest BCUT2D eigenvalue weighted by atomic mass is 9.95. The van der Waals surface area contributed by atoms with Crippen molar-refractivity contribution >= 4 is 12.0 Å². The van der Waals surface area contributed by atoms with E-state index in [2.05, 4.69) is 16.4 Å². The van der Waals surface area contributed by atoms with E-state index in [4.69, 9.17) is 15.2 Å². The lowest BCUT2D eigenvalue weighted by Crippen LogP contribution is -2.53. The van der Waals surface area contributed by atoms with Gasteiger partial charge in [-0.25, -0.2) is 13.6 Å². The Bertz CT molecular complexity index is 1620. The van der Waals surface area contributed by atoms with Crippen LogP contribution in [0.2, 0.25) is 0 Å². The molecule has 13 heteroatoms. The second-order valence-corrected chi connectivity index (χ2v) is 11.8. The number of nitrogens with zero attached hydrogens (tertiary/aromatic N) is 2. The summed E-state index contributed by atoms with van der Waals surface area (Å²) in [5, 5.41) is 30.3. The fraction of sp³-hybridized carbons (Fsp3) is 0.353. The molecule has 248 valence electrons. The fourth-order valence-electron chi connectivity index (χ4n) is 4.93. The van der Waals surface area contributed by atoms with E-state index in [1.54, 1.807) is 24.3 Å². The van der Waals surface area contributed by atoms with Crippen LogP contribution in [0.3, 0.4) is 0 Å². The molecular formula is C34H34F5N5O3. The van der Waals surface area contributed by atoms with Crippen molar-refractivity contribution in [2.75, 3.05) is 0 Å². The molecule has 1 aliphatic rings. The molecule has 0 heterocycles. The minimum Gasteiger partial charge on any atom is -0.465 e. The zero-order chi connectivity index (χ0) is 34.9. The fourth-order valence-corrected chi connectivity index (χ4v) is 4.93. The summed E-state index contributed by atoms with van der Waals surface area (Å²) in [6.07, 6.45) is -4.79. The SMILES string of the molecule is CC(C)(F)C[C@H](N[C@@H](c1ccc(-c2ccc(C3CC3)cc2)cc1)C(F)(F)F)C(=O)N[C@H](C#N)Cc1ccc(C#N)cc1F.NC(=O)O. The Labute approximate surface area is 269 Å². The molecule has 0 saturated heterocycles. The van der Waals surface area contributed by atoms with E-state index < -0.39 is 54.2 Å². The Morgan fingerprint density at radius 1 is 0.979 bits per heavy atom. The van der Waals surface area contributed by atoms with Gasteiger partial charge in [-0.1, -0.05) is 54.6 Å². The van der Waals surface area contributed by atoms with Crippen molar-refractivity contribution < 1.29 is 36.6 Å². The number of rotatable bonds is 11. The summed E-state index contributed by atoms with van der Waals surface area (Å²) in [6, 6.07) is 15.5. The van der Waals surface area contributed by atoms with Crippen molar-refractivity contribution in [3.05, 3.63) is 94.8 Å². The summed E-state index contributed by atoms with van der Waals surface area (Å²) in [5.41, 5.74) is 4.72. The molecule has 1 saturated carbocycles. The number of amides is 2. The van der Waals surface area contributed by atoms with Crippen molar-refractivity contribution in [1.82, 2.24) is 10.6 Å². The van der Waals surface area contributed by atoms with Gasteiger partial charge in [-0.2, -0.15) is 23.7 Å². The average molecular weight is 656 g/mol. The van der Waals surface area contributed by atoms with Crippen LogP contribution in [0, 0.1) is 28.5 Å². The number of carbonyl (C=O) groups excluding carboxylic acids is 1. The molecule has 3 atom stereocenters. The highest BCUT2D eigenvalue weighted by Gasteiger charge is 2.44. The second-order valence-electron chi connectivity index (χ2n) is 11.8. The minimum atomic E-state index is -4.84. The summed E-state index contributed by atoms with van der Waals surface area (Å²) < 4.78 is 72.1. The number of halogens is 5. The molecule has 0 radical (unpaired) electrons. The topological polar surface area (TPSA) is 152 Å². The Kier molecular flexibility index (Phi) is 12.0. The van der Waals surface area contributed by atoms with Gasteiger partial charge in [0.2, 0.25) is 5.91 Å². The first-order valence-corrected chi connectivity index (χ1v) is 14.6. The maximum absolute atomic E-state index is 14.7. The molecule has 0 aliphatic heterocycles. The van der Waals surface area contributed by atoms with Gasteiger partial charge in [0.15, 0.2) is 0 Å². The molecule has 3 aromatic carbocycles. The highest BCUT2D eigenvalue weighted by Crippen LogP contribution is 2.40. The molecule has 2 amide bonds. The number of nitrogens with one attached hydrogen (secondary N) is 2.